The summed E-state index contributed by atoms with van der Waals surface area (Å²) in [5.74, 6) is 0.653. The summed E-state index contributed by atoms with van der Waals surface area (Å²) in [4.78, 5) is 15.2. The number of halogens is 2. The van der Waals surface area contributed by atoms with Gasteiger partial charge in [0.05, 0.1) is 12.9 Å². The van der Waals surface area contributed by atoms with Crippen LogP contribution < -0.4 is 10.6 Å². The predicted molar refractivity (Wildman–Crippen MR) is 100 cm³/mol. The highest BCUT2D eigenvalue weighted by atomic mass is 35.5. The summed E-state index contributed by atoms with van der Waals surface area (Å²) >= 11 is 0. The van der Waals surface area contributed by atoms with Gasteiger partial charge in [0, 0.05) is 19.0 Å². The third kappa shape index (κ3) is 3.12. The number of nitrogens with zero attached hydrogens (tertiary/aromatic N) is 5. The van der Waals surface area contributed by atoms with Crippen molar-refractivity contribution in [3.05, 3.63) is 6.33 Å². The molecular weight excluding hydrogens is 367 g/mol. The molecule has 0 amide bonds. The summed E-state index contributed by atoms with van der Waals surface area (Å²) in [6.45, 7) is -0.0639. The van der Waals surface area contributed by atoms with Gasteiger partial charge in [0.15, 0.2) is 17.0 Å². The Hall–Kier alpha value is -1.35. The summed E-state index contributed by atoms with van der Waals surface area (Å²) in [5, 5.41) is 20.7. The van der Waals surface area contributed by atoms with Crippen molar-refractivity contribution in [2.24, 2.45) is 5.92 Å². The van der Waals surface area contributed by atoms with Gasteiger partial charge in [-0.2, -0.15) is 9.97 Å². The van der Waals surface area contributed by atoms with E-state index in [-0.39, 0.29) is 43.3 Å². The van der Waals surface area contributed by atoms with E-state index in [9.17, 15) is 10.2 Å². The molecule has 2 heterocycles. The number of fused-ring (bicyclic) bond motifs is 1. The van der Waals surface area contributed by atoms with Gasteiger partial charge in [0.2, 0.25) is 5.95 Å². The van der Waals surface area contributed by atoms with E-state index >= 15 is 0 Å². The van der Waals surface area contributed by atoms with Crippen LogP contribution in [-0.2, 0) is 5.72 Å². The molecule has 2 fully saturated rings. The molecule has 10 heteroatoms. The van der Waals surface area contributed by atoms with Crippen LogP contribution in [0, 0.1) is 5.92 Å². The van der Waals surface area contributed by atoms with Crippen molar-refractivity contribution in [2.75, 3.05) is 24.3 Å². The molecule has 2 atom stereocenters. The van der Waals surface area contributed by atoms with Gasteiger partial charge >= 0.3 is 0 Å². The minimum Gasteiger partial charge on any atom is -0.396 e. The number of rotatable bonds is 4. The fourth-order valence-electron chi connectivity index (χ4n) is 3.66. The van der Waals surface area contributed by atoms with Crippen LogP contribution in [0.2, 0.25) is 0 Å². The second-order valence-corrected chi connectivity index (χ2v) is 6.68. The Balaban J connectivity index is 0.00000113. The standard InChI is InChI=1S/C15H22N6O2.2ClH/c1-20(10-4-5-10)12-11-13(19-14(16)18-12)21(8-17-11)15(23)6-2-3-9(15)7-22;;/h8-10,22-23H,2-7H2,1H3,(H2,16,18,19);2*1H. The highest BCUT2D eigenvalue weighted by Crippen LogP contribution is 2.42. The lowest BCUT2D eigenvalue weighted by molar-refractivity contribution is -0.0844. The van der Waals surface area contributed by atoms with Crippen LogP contribution in [0.4, 0.5) is 11.8 Å². The van der Waals surface area contributed by atoms with Crippen LogP contribution in [0.25, 0.3) is 11.2 Å². The number of hydrogen-bond donors (Lipinski definition) is 3. The summed E-state index contributed by atoms with van der Waals surface area (Å²) < 4.78 is 1.67. The van der Waals surface area contributed by atoms with Crippen molar-refractivity contribution in [1.82, 2.24) is 19.5 Å². The molecule has 140 valence electrons. The molecule has 4 N–H and O–H groups in total. The van der Waals surface area contributed by atoms with Gasteiger partial charge < -0.3 is 20.8 Å². The Bertz CT molecular complexity index is 753. The molecule has 2 aliphatic rings. The van der Waals surface area contributed by atoms with Crippen molar-refractivity contribution < 1.29 is 10.2 Å². The van der Waals surface area contributed by atoms with Crippen molar-refractivity contribution in [3.8, 4) is 0 Å². The van der Waals surface area contributed by atoms with Crippen LogP contribution in [0.1, 0.15) is 32.1 Å². The number of anilines is 2. The Morgan fingerprint density at radius 1 is 1.32 bits per heavy atom. The molecule has 0 bridgehead atoms. The Morgan fingerprint density at radius 3 is 2.68 bits per heavy atom. The fraction of sp³-hybridized carbons (Fsp3) is 0.667. The number of imidazole rings is 1. The number of hydrogen-bond acceptors (Lipinski definition) is 7. The normalized spacial score (nSPS) is 25.5. The zero-order chi connectivity index (χ0) is 16.2. The molecule has 2 aliphatic carbocycles. The van der Waals surface area contributed by atoms with E-state index in [1.54, 1.807) is 10.9 Å². The lowest BCUT2D eigenvalue weighted by atomic mass is 10.0. The molecule has 2 aromatic rings. The van der Waals surface area contributed by atoms with Crippen LogP contribution in [0.5, 0.6) is 0 Å². The van der Waals surface area contributed by atoms with E-state index in [4.69, 9.17) is 5.73 Å². The zero-order valence-corrected chi connectivity index (χ0v) is 15.6. The smallest absolute Gasteiger partial charge is 0.224 e. The van der Waals surface area contributed by atoms with E-state index in [0.29, 0.717) is 29.4 Å². The summed E-state index contributed by atoms with van der Waals surface area (Å²) in [6, 6.07) is 0.470. The van der Waals surface area contributed by atoms with Gasteiger partial charge in [-0.05, 0) is 32.1 Å². The van der Waals surface area contributed by atoms with Gasteiger partial charge in [-0.1, -0.05) is 0 Å². The first-order chi connectivity index (χ1) is 11.0. The minimum absolute atomic E-state index is 0. The summed E-state index contributed by atoms with van der Waals surface area (Å²) in [7, 11) is 1.98. The molecule has 4 rings (SSSR count). The molecule has 0 saturated heterocycles. The topological polar surface area (TPSA) is 113 Å². The van der Waals surface area contributed by atoms with Crippen LogP contribution in [0.3, 0.4) is 0 Å². The maximum absolute atomic E-state index is 11.1. The molecule has 0 radical (unpaired) electrons. The lowest BCUT2D eigenvalue weighted by Gasteiger charge is -2.30. The first-order valence-corrected chi connectivity index (χ1v) is 8.11. The number of nitrogens with two attached hydrogens (primary N) is 1. The van der Waals surface area contributed by atoms with Crippen molar-refractivity contribution in [1.29, 1.82) is 0 Å². The lowest BCUT2D eigenvalue weighted by Crippen LogP contribution is -2.38. The van der Waals surface area contributed by atoms with Gasteiger partial charge in [0.25, 0.3) is 0 Å². The van der Waals surface area contributed by atoms with Crippen molar-refractivity contribution in [3.63, 3.8) is 0 Å². The molecule has 0 aliphatic heterocycles. The largest absolute Gasteiger partial charge is 0.396 e. The molecule has 2 saturated carbocycles. The molecule has 8 nitrogen and oxygen atoms in total. The zero-order valence-electron chi connectivity index (χ0n) is 14.0. The average molecular weight is 391 g/mol. The van der Waals surface area contributed by atoms with E-state index in [0.717, 1.165) is 25.7 Å². The number of aromatic nitrogens is 4. The second kappa shape index (κ2) is 7.11. The second-order valence-electron chi connectivity index (χ2n) is 6.68. The highest BCUT2D eigenvalue weighted by molar-refractivity contribution is 5.86. The van der Waals surface area contributed by atoms with Crippen molar-refractivity contribution in [2.45, 2.75) is 43.9 Å². The van der Waals surface area contributed by atoms with Gasteiger partial charge in [-0.3, -0.25) is 4.57 Å². The number of aliphatic hydroxyl groups is 2. The molecule has 0 aromatic carbocycles. The quantitative estimate of drug-likeness (QED) is 0.720. The van der Waals surface area contributed by atoms with E-state index in [1.807, 2.05) is 7.05 Å². The average Bonchev–Trinajstić information content (AvgIpc) is 3.18. The Morgan fingerprint density at radius 2 is 2.04 bits per heavy atom. The van der Waals surface area contributed by atoms with Crippen LogP contribution >= 0.6 is 24.8 Å². The third-order valence-electron chi connectivity index (χ3n) is 5.21. The van der Waals surface area contributed by atoms with E-state index in [1.165, 1.54) is 0 Å². The van der Waals surface area contributed by atoms with E-state index in [2.05, 4.69) is 19.9 Å². The van der Waals surface area contributed by atoms with E-state index < -0.39 is 5.72 Å². The SMILES string of the molecule is CN(c1nc(N)nc2c1ncn2C1(O)CCCC1CO)C1CC1.Cl.Cl. The molecule has 2 unspecified atom stereocenters. The monoisotopic (exact) mass is 390 g/mol. The first-order valence-electron chi connectivity index (χ1n) is 8.11. The van der Waals surface area contributed by atoms with Crippen LogP contribution in [-0.4, -0.2) is 49.4 Å². The Kier molecular flexibility index (Phi) is 5.68. The minimum atomic E-state index is -1.17. The molecule has 25 heavy (non-hydrogen) atoms. The van der Waals surface area contributed by atoms with Crippen LogP contribution in [0.15, 0.2) is 6.33 Å². The Labute approximate surface area is 158 Å². The van der Waals surface area contributed by atoms with Crippen molar-refractivity contribution >= 4 is 47.7 Å². The van der Waals surface area contributed by atoms with Gasteiger partial charge in [-0.15, -0.1) is 24.8 Å². The predicted octanol–water partition coefficient (Wildman–Crippen LogP) is 1.29. The number of aliphatic hydroxyl groups excluding tert-OH is 1. The maximum Gasteiger partial charge on any atom is 0.224 e. The summed E-state index contributed by atoms with van der Waals surface area (Å²) in [6.07, 6.45) is 6.08. The highest BCUT2D eigenvalue weighted by Gasteiger charge is 2.44. The molecule has 2 aromatic heterocycles. The molecule has 0 spiro atoms. The number of nitrogen functional groups attached to an aromatic ring is 1. The fourth-order valence-corrected chi connectivity index (χ4v) is 3.66. The van der Waals surface area contributed by atoms with Gasteiger partial charge in [0.1, 0.15) is 5.72 Å². The molecular formula is C15H24Cl2N6O2. The first kappa shape index (κ1) is 20.0. The van der Waals surface area contributed by atoms with Gasteiger partial charge in [-0.25, -0.2) is 4.98 Å². The summed E-state index contributed by atoms with van der Waals surface area (Å²) in [5.41, 5.74) is 5.91. The maximum atomic E-state index is 11.1. The third-order valence-corrected chi connectivity index (χ3v) is 5.21.